The molecule has 186 valence electrons. The lowest BCUT2D eigenvalue weighted by molar-refractivity contribution is -0.131. The van der Waals surface area contributed by atoms with Gasteiger partial charge in [-0.1, -0.05) is 5.92 Å². The third kappa shape index (κ3) is 8.64. The first-order valence-corrected chi connectivity index (χ1v) is 11.1. The fraction of sp³-hybridized carbons (Fsp3) is 0.250. The van der Waals surface area contributed by atoms with Crippen LogP contribution in [0.4, 0.5) is 0 Å². The summed E-state index contributed by atoms with van der Waals surface area (Å²) in [4.78, 5) is 48.6. The molecule has 3 amide bonds. The highest BCUT2D eigenvalue weighted by Gasteiger charge is 2.21. The van der Waals surface area contributed by atoms with Crippen molar-refractivity contribution in [1.29, 1.82) is 0 Å². The SMILES string of the molecule is O=C(CNCCCn1ccnc1)NC[C@H](NC(=O)c1ccc(C#Cc2cnccn2)cc1)C(=O)NO. The molecule has 3 rings (SSSR count). The number of carbonyl (C=O) groups is 3. The van der Waals surface area contributed by atoms with Crippen LogP contribution in [0.15, 0.2) is 61.6 Å². The number of amides is 3. The zero-order valence-electron chi connectivity index (χ0n) is 19.3. The van der Waals surface area contributed by atoms with Gasteiger partial charge in [0, 0.05) is 49.0 Å². The van der Waals surface area contributed by atoms with Crippen LogP contribution in [0.3, 0.4) is 0 Å². The molecule has 0 saturated carbocycles. The van der Waals surface area contributed by atoms with E-state index in [1.54, 1.807) is 55.4 Å². The minimum Gasteiger partial charge on any atom is -0.352 e. The van der Waals surface area contributed by atoms with E-state index in [1.165, 1.54) is 5.48 Å². The van der Waals surface area contributed by atoms with E-state index in [0.29, 0.717) is 17.8 Å². The quantitative estimate of drug-likeness (QED) is 0.104. The van der Waals surface area contributed by atoms with E-state index in [-0.39, 0.29) is 24.6 Å². The van der Waals surface area contributed by atoms with Crippen molar-refractivity contribution in [3.8, 4) is 11.8 Å². The maximum atomic E-state index is 12.6. The Morgan fingerprint density at radius 1 is 1.06 bits per heavy atom. The first-order valence-electron chi connectivity index (χ1n) is 11.1. The molecule has 5 N–H and O–H groups in total. The number of nitrogens with zero attached hydrogens (tertiary/aromatic N) is 4. The molecule has 2 aromatic heterocycles. The summed E-state index contributed by atoms with van der Waals surface area (Å²) in [6.45, 7) is 1.23. The third-order valence-electron chi connectivity index (χ3n) is 4.90. The molecule has 0 fully saturated rings. The summed E-state index contributed by atoms with van der Waals surface area (Å²) in [5.74, 6) is 4.02. The summed E-state index contributed by atoms with van der Waals surface area (Å²) in [6.07, 6.45) is 10.7. The molecule has 12 nitrogen and oxygen atoms in total. The van der Waals surface area contributed by atoms with Gasteiger partial charge in [0.15, 0.2) is 0 Å². The van der Waals surface area contributed by atoms with Crippen LogP contribution in [-0.4, -0.2) is 68.1 Å². The Bertz CT molecular complexity index is 1190. The number of aryl methyl sites for hydroxylation is 1. The molecule has 2 heterocycles. The Morgan fingerprint density at radius 3 is 2.58 bits per heavy atom. The highest BCUT2D eigenvalue weighted by Crippen LogP contribution is 2.04. The van der Waals surface area contributed by atoms with E-state index < -0.39 is 17.9 Å². The predicted octanol–water partition coefficient (Wildman–Crippen LogP) is -0.527. The number of imidazole rings is 1. The lowest BCUT2D eigenvalue weighted by atomic mass is 10.1. The number of benzene rings is 1. The van der Waals surface area contributed by atoms with Crippen molar-refractivity contribution in [3.63, 3.8) is 0 Å². The van der Waals surface area contributed by atoms with Gasteiger partial charge in [-0.2, -0.15) is 0 Å². The maximum absolute atomic E-state index is 12.6. The second kappa shape index (κ2) is 14.0. The lowest BCUT2D eigenvalue weighted by Crippen LogP contribution is -2.52. The van der Waals surface area contributed by atoms with Gasteiger partial charge in [-0.3, -0.25) is 24.6 Å². The summed E-state index contributed by atoms with van der Waals surface area (Å²) in [6, 6.07) is 5.23. The number of hydrogen-bond donors (Lipinski definition) is 5. The van der Waals surface area contributed by atoms with Crippen LogP contribution >= 0.6 is 0 Å². The molecule has 0 saturated heterocycles. The van der Waals surface area contributed by atoms with Crippen LogP contribution in [-0.2, 0) is 16.1 Å². The third-order valence-corrected chi connectivity index (χ3v) is 4.90. The molecule has 1 atom stereocenters. The molecule has 0 radical (unpaired) electrons. The molecule has 3 aromatic rings. The largest absolute Gasteiger partial charge is 0.352 e. The molecule has 0 aliphatic carbocycles. The van der Waals surface area contributed by atoms with Crippen LogP contribution in [0.25, 0.3) is 0 Å². The Kier molecular flexibility index (Phi) is 10.1. The number of aromatic nitrogens is 4. The number of hydroxylamine groups is 1. The van der Waals surface area contributed by atoms with E-state index in [9.17, 15) is 14.4 Å². The number of rotatable bonds is 11. The van der Waals surface area contributed by atoms with Gasteiger partial charge in [0.1, 0.15) is 11.7 Å². The van der Waals surface area contributed by atoms with Crippen molar-refractivity contribution in [1.82, 2.24) is 40.9 Å². The van der Waals surface area contributed by atoms with Crippen LogP contribution in [0.2, 0.25) is 0 Å². The number of nitrogens with one attached hydrogen (secondary N) is 4. The molecular weight excluding hydrogens is 464 g/mol. The first-order chi connectivity index (χ1) is 17.5. The van der Waals surface area contributed by atoms with Gasteiger partial charge in [-0.15, -0.1) is 0 Å². The van der Waals surface area contributed by atoms with Crippen LogP contribution < -0.4 is 21.4 Å². The van der Waals surface area contributed by atoms with E-state index in [0.717, 1.165) is 13.0 Å². The van der Waals surface area contributed by atoms with Crippen molar-refractivity contribution in [2.75, 3.05) is 19.6 Å². The van der Waals surface area contributed by atoms with Crippen molar-refractivity contribution < 1.29 is 19.6 Å². The molecule has 0 spiro atoms. The second-order valence-electron chi connectivity index (χ2n) is 7.56. The van der Waals surface area contributed by atoms with E-state index in [1.807, 2.05) is 10.8 Å². The fourth-order valence-corrected chi connectivity index (χ4v) is 3.02. The Morgan fingerprint density at radius 2 is 1.89 bits per heavy atom. The van der Waals surface area contributed by atoms with Crippen molar-refractivity contribution in [2.24, 2.45) is 0 Å². The Balaban J connectivity index is 1.45. The minimum absolute atomic E-state index is 0.0440. The fourth-order valence-electron chi connectivity index (χ4n) is 3.02. The first kappa shape index (κ1) is 26.0. The van der Waals surface area contributed by atoms with Crippen molar-refractivity contribution in [3.05, 3.63) is 78.4 Å². The Labute approximate surface area is 207 Å². The molecule has 0 unspecified atom stereocenters. The molecular formula is C24H26N8O4. The number of carbonyl (C=O) groups excluding carboxylic acids is 3. The average Bonchev–Trinajstić information content (AvgIpc) is 3.43. The van der Waals surface area contributed by atoms with Crippen LogP contribution in [0, 0.1) is 11.8 Å². The monoisotopic (exact) mass is 490 g/mol. The highest BCUT2D eigenvalue weighted by atomic mass is 16.5. The van der Waals surface area contributed by atoms with Crippen molar-refractivity contribution in [2.45, 2.75) is 19.0 Å². The predicted molar refractivity (Wildman–Crippen MR) is 128 cm³/mol. The second-order valence-corrected chi connectivity index (χ2v) is 7.56. The zero-order valence-corrected chi connectivity index (χ0v) is 19.3. The molecule has 0 aliphatic heterocycles. The normalized spacial score (nSPS) is 11.0. The molecule has 0 bridgehead atoms. The zero-order chi connectivity index (χ0) is 25.6. The summed E-state index contributed by atoms with van der Waals surface area (Å²) >= 11 is 0. The lowest BCUT2D eigenvalue weighted by Gasteiger charge is -2.17. The summed E-state index contributed by atoms with van der Waals surface area (Å²) in [5, 5.41) is 17.1. The molecule has 0 aliphatic rings. The minimum atomic E-state index is -1.18. The topological polar surface area (TPSA) is 163 Å². The van der Waals surface area contributed by atoms with Gasteiger partial charge in [0.05, 0.1) is 19.1 Å². The van der Waals surface area contributed by atoms with Gasteiger partial charge in [-0.25, -0.2) is 15.4 Å². The maximum Gasteiger partial charge on any atom is 0.267 e. The van der Waals surface area contributed by atoms with Gasteiger partial charge in [-0.05, 0) is 43.2 Å². The van der Waals surface area contributed by atoms with Crippen molar-refractivity contribution >= 4 is 17.7 Å². The van der Waals surface area contributed by atoms with E-state index in [2.05, 4.69) is 42.7 Å². The van der Waals surface area contributed by atoms with Crippen LogP contribution in [0.1, 0.15) is 28.0 Å². The van der Waals surface area contributed by atoms with Gasteiger partial charge >= 0.3 is 0 Å². The number of hydrogen-bond acceptors (Lipinski definition) is 8. The summed E-state index contributed by atoms with van der Waals surface area (Å²) < 4.78 is 1.93. The average molecular weight is 491 g/mol. The molecule has 1 aromatic carbocycles. The highest BCUT2D eigenvalue weighted by molar-refractivity contribution is 5.97. The Hall–Kier alpha value is -4.60. The van der Waals surface area contributed by atoms with Crippen LogP contribution in [0.5, 0.6) is 0 Å². The van der Waals surface area contributed by atoms with E-state index >= 15 is 0 Å². The van der Waals surface area contributed by atoms with Gasteiger partial charge in [0.25, 0.3) is 11.8 Å². The van der Waals surface area contributed by atoms with Gasteiger partial charge < -0.3 is 20.5 Å². The summed E-state index contributed by atoms with van der Waals surface area (Å²) in [5.41, 5.74) is 2.96. The smallest absolute Gasteiger partial charge is 0.267 e. The molecule has 36 heavy (non-hydrogen) atoms. The standard InChI is InChI=1S/C24H26N8O4/c33-22(16-25-8-1-12-32-13-11-27-17-32)29-15-21(24(35)31-36)30-23(34)19-5-2-18(3-6-19)4-7-20-14-26-9-10-28-20/h2-3,5-6,9-11,13-14,17,21,25,36H,1,8,12,15-16H2,(H,29,33)(H,30,34)(H,31,35)/t21-/m0/s1. The summed E-state index contributed by atoms with van der Waals surface area (Å²) in [7, 11) is 0. The molecule has 12 heteroatoms. The van der Waals surface area contributed by atoms with Gasteiger partial charge in [0.2, 0.25) is 5.91 Å². The van der Waals surface area contributed by atoms with E-state index in [4.69, 9.17) is 5.21 Å².